The Hall–Kier alpha value is -2.91. The first-order valence-corrected chi connectivity index (χ1v) is 10.0. The Labute approximate surface area is 161 Å². The molecule has 0 fully saturated rings. The Morgan fingerprint density at radius 1 is 1.19 bits per heavy atom. The molecule has 0 saturated carbocycles. The number of aryl methyl sites for hydroxylation is 1. The molecule has 9 heteroatoms. The standard InChI is InChI=1S/C18H13N5O2S2/c1-22-16(24)12-5-2-3-6-13(12)23-17(22)20-21-18(23)27-10-11-9-25-15(19-11)14-7-4-8-26-14/h2-9H,10H2,1H3. The quantitative estimate of drug-likeness (QED) is 0.433. The first-order chi connectivity index (χ1) is 13.2. The molecule has 7 nitrogen and oxygen atoms in total. The van der Waals surface area contributed by atoms with Crippen molar-refractivity contribution in [2.24, 2.45) is 7.05 Å². The van der Waals surface area contributed by atoms with E-state index in [0.717, 1.165) is 16.1 Å². The predicted octanol–water partition coefficient (Wildman–Crippen LogP) is 3.59. The summed E-state index contributed by atoms with van der Waals surface area (Å²) in [6.45, 7) is 0. The molecule has 0 saturated heterocycles. The van der Waals surface area contributed by atoms with E-state index in [1.165, 1.54) is 16.3 Å². The van der Waals surface area contributed by atoms with Gasteiger partial charge in [-0.05, 0) is 23.6 Å². The highest BCUT2D eigenvalue weighted by atomic mass is 32.2. The van der Waals surface area contributed by atoms with Crippen LogP contribution in [0.5, 0.6) is 0 Å². The molecule has 134 valence electrons. The fourth-order valence-corrected chi connectivity index (χ4v) is 4.40. The number of nitrogens with zero attached hydrogens (tertiary/aromatic N) is 5. The average Bonchev–Trinajstić information content (AvgIpc) is 3.44. The van der Waals surface area contributed by atoms with Gasteiger partial charge in [0, 0.05) is 12.8 Å². The van der Waals surface area contributed by atoms with E-state index in [0.29, 0.717) is 28.0 Å². The fraction of sp³-hybridized carbons (Fsp3) is 0.111. The summed E-state index contributed by atoms with van der Waals surface area (Å²) in [6.07, 6.45) is 1.67. The number of oxazole rings is 1. The molecule has 0 bridgehead atoms. The van der Waals surface area contributed by atoms with Gasteiger partial charge >= 0.3 is 0 Å². The van der Waals surface area contributed by atoms with Crippen LogP contribution in [0.1, 0.15) is 5.69 Å². The van der Waals surface area contributed by atoms with Crippen LogP contribution in [0.4, 0.5) is 0 Å². The Morgan fingerprint density at radius 2 is 2.07 bits per heavy atom. The SMILES string of the molecule is Cn1c(=O)c2ccccc2n2c(SCc3coc(-c4cccs4)n3)nnc12. The van der Waals surface area contributed by atoms with E-state index in [1.54, 1.807) is 24.6 Å². The summed E-state index contributed by atoms with van der Waals surface area (Å²) in [4.78, 5) is 18.0. The first kappa shape index (κ1) is 16.3. The maximum absolute atomic E-state index is 12.5. The lowest BCUT2D eigenvalue weighted by molar-refractivity contribution is 0.575. The molecule has 0 amide bonds. The van der Waals surface area contributed by atoms with Gasteiger partial charge in [0.25, 0.3) is 5.56 Å². The van der Waals surface area contributed by atoms with Crippen LogP contribution in [-0.4, -0.2) is 24.1 Å². The monoisotopic (exact) mass is 395 g/mol. The summed E-state index contributed by atoms with van der Waals surface area (Å²) in [7, 11) is 1.71. The van der Waals surface area contributed by atoms with Gasteiger partial charge in [-0.3, -0.25) is 13.8 Å². The molecule has 4 heterocycles. The zero-order valence-electron chi connectivity index (χ0n) is 14.2. The lowest BCUT2D eigenvalue weighted by Crippen LogP contribution is -2.20. The van der Waals surface area contributed by atoms with Gasteiger partial charge in [-0.15, -0.1) is 21.5 Å². The van der Waals surface area contributed by atoms with E-state index in [2.05, 4.69) is 15.2 Å². The highest BCUT2D eigenvalue weighted by molar-refractivity contribution is 7.98. The number of fused-ring (bicyclic) bond motifs is 3. The second kappa shape index (κ2) is 6.36. The Kier molecular flexibility index (Phi) is 3.83. The number of thioether (sulfide) groups is 1. The van der Waals surface area contributed by atoms with Crippen molar-refractivity contribution >= 4 is 39.8 Å². The van der Waals surface area contributed by atoms with Crippen molar-refractivity contribution in [1.29, 1.82) is 0 Å². The number of hydrogen-bond donors (Lipinski definition) is 0. The molecular weight excluding hydrogens is 382 g/mol. The molecule has 0 aliphatic heterocycles. The van der Waals surface area contributed by atoms with E-state index in [1.807, 2.05) is 46.2 Å². The van der Waals surface area contributed by atoms with Gasteiger partial charge in [0.1, 0.15) is 6.26 Å². The smallest absolute Gasteiger partial charge is 0.262 e. The van der Waals surface area contributed by atoms with Crippen molar-refractivity contribution < 1.29 is 4.42 Å². The molecule has 0 aliphatic rings. The van der Waals surface area contributed by atoms with Crippen LogP contribution in [0, 0.1) is 0 Å². The van der Waals surface area contributed by atoms with E-state index in [-0.39, 0.29) is 5.56 Å². The van der Waals surface area contributed by atoms with Crippen molar-refractivity contribution in [3.63, 3.8) is 0 Å². The maximum atomic E-state index is 12.5. The second-order valence-electron chi connectivity index (χ2n) is 5.91. The normalized spacial score (nSPS) is 11.6. The third-order valence-corrected chi connectivity index (χ3v) is 6.05. The molecule has 1 aromatic carbocycles. The maximum Gasteiger partial charge on any atom is 0.262 e. The van der Waals surface area contributed by atoms with Crippen LogP contribution in [0.3, 0.4) is 0 Å². The van der Waals surface area contributed by atoms with Crippen LogP contribution < -0.4 is 5.56 Å². The zero-order valence-corrected chi connectivity index (χ0v) is 15.8. The molecule has 0 atom stereocenters. The van der Waals surface area contributed by atoms with E-state index in [4.69, 9.17) is 4.42 Å². The summed E-state index contributed by atoms with van der Waals surface area (Å²) < 4.78 is 8.99. The number of hydrogen-bond acceptors (Lipinski definition) is 7. The first-order valence-electron chi connectivity index (χ1n) is 8.16. The zero-order chi connectivity index (χ0) is 18.4. The predicted molar refractivity (Wildman–Crippen MR) is 105 cm³/mol. The Balaban J connectivity index is 1.52. The van der Waals surface area contributed by atoms with Gasteiger partial charge in [0.05, 0.1) is 21.5 Å². The van der Waals surface area contributed by atoms with E-state index in [9.17, 15) is 4.79 Å². The summed E-state index contributed by atoms with van der Waals surface area (Å²) in [5.74, 6) is 1.73. The number of rotatable bonds is 4. The minimum absolute atomic E-state index is 0.0841. The molecule has 5 aromatic rings. The minimum atomic E-state index is -0.0841. The van der Waals surface area contributed by atoms with Crippen molar-refractivity contribution in [2.75, 3.05) is 0 Å². The molecule has 0 N–H and O–H groups in total. The average molecular weight is 395 g/mol. The number of thiophene rings is 1. The van der Waals surface area contributed by atoms with Crippen molar-refractivity contribution in [3.05, 3.63) is 64.1 Å². The van der Waals surface area contributed by atoms with Gasteiger partial charge in [-0.25, -0.2) is 4.98 Å². The van der Waals surface area contributed by atoms with Crippen LogP contribution in [0.15, 0.2) is 62.4 Å². The lowest BCUT2D eigenvalue weighted by Gasteiger charge is -2.07. The largest absolute Gasteiger partial charge is 0.444 e. The molecule has 4 aromatic heterocycles. The number of benzene rings is 1. The van der Waals surface area contributed by atoms with Crippen LogP contribution >= 0.6 is 23.1 Å². The minimum Gasteiger partial charge on any atom is -0.444 e. The molecular formula is C18H13N5O2S2. The lowest BCUT2D eigenvalue weighted by atomic mass is 10.2. The second-order valence-corrected chi connectivity index (χ2v) is 7.80. The van der Waals surface area contributed by atoms with Crippen LogP contribution in [-0.2, 0) is 12.8 Å². The number of aromatic nitrogens is 5. The molecule has 0 radical (unpaired) electrons. The summed E-state index contributed by atoms with van der Waals surface area (Å²) in [5, 5.41) is 11.8. The highest BCUT2D eigenvalue weighted by Crippen LogP contribution is 2.27. The molecule has 0 aliphatic carbocycles. The van der Waals surface area contributed by atoms with Crippen LogP contribution in [0.25, 0.3) is 27.4 Å². The highest BCUT2D eigenvalue weighted by Gasteiger charge is 2.16. The summed E-state index contributed by atoms with van der Waals surface area (Å²) >= 11 is 3.09. The third-order valence-electron chi connectivity index (χ3n) is 4.23. The fourth-order valence-electron chi connectivity index (χ4n) is 2.93. The van der Waals surface area contributed by atoms with E-state index < -0.39 is 0 Å². The topological polar surface area (TPSA) is 78.2 Å². The van der Waals surface area contributed by atoms with Gasteiger partial charge < -0.3 is 4.42 Å². The van der Waals surface area contributed by atoms with Gasteiger partial charge in [0.2, 0.25) is 11.7 Å². The molecule has 27 heavy (non-hydrogen) atoms. The van der Waals surface area contributed by atoms with Gasteiger partial charge in [-0.1, -0.05) is 30.0 Å². The third kappa shape index (κ3) is 2.66. The van der Waals surface area contributed by atoms with Crippen molar-refractivity contribution in [3.8, 4) is 10.8 Å². The summed E-state index contributed by atoms with van der Waals surface area (Å²) in [5.41, 5.74) is 1.54. The van der Waals surface area contributed by atoms with Crippen molar-refractivity contribution in [2.45, 2.75) is 10.9 Å². The summed E-state index contributed by atoms with van der Waals surface area (Å²) in [6, 6.07) is 11.4. The molecule has 0 spiro atoms. The van der Waals surface area contributed by atoms with E-state index >= 15 is 0 Å². The number of para-hydroxylation sites is 1. The van der Waals surface area contributed by atoms with Gasteiger partial charge in [-0.2, -0.15) is 0 Å². The molecule has 0 unspecified atom stereocenters. The van der Waals surface area contributed by atoms with Crippen molar-refractivity contribution in [1.82, 2.24) is 24.1 Å². The van der Waals surface area contributed by atoms with Gasteiger partial charge in [0.15, 0.2) is 5.16 Å². The Morgan fingerprint density at radius 3 is 2.93 bits per heavy atom. The van der Waals surface area contributed by atoms with Crippen LogP contribution in [0.2, 0.25) is 0 Å². The Bertz CT molecular complexity index is 1320. The molecule has 5 rings (SSSR count).